The Labute approximate surface area is 206 Å². The van der Waals surface area contributed by atoms with Gasteiger partial charge in [0.25, 0.3) is 5.92 Å². The zero-order valence-electron chi connectivity index (χ0n) is 19.4. The lowest BCUT2D eigenvalue weighted by Crippen LogP contribution is -2.33. The van der Waals surface area contributed by atoms with Crippen molar-refractivity contribution in [3.05, 3.63) is 0 Å². The summed E-state index contributed by atoms with van der Waals surface area (Å²) < 4.78 is 95.3. The molecule has 2 unspecified atom stereocenters. The second-order valence-electron chi connectivity index (χ2n) is 8.17. The van der Waals surface area contributed by atoms with E-state index in [0.717, 1.165) is 13.8 Å². The van der Waals surface area contributed by atoms with Gasteiger partial charge in [0.15, 0.2) is 6.17 Å². The molecule has 0 saturated carbocycles. The van der Waals surface area contributed by atoms with Gasteiger partial charge in [-0.05, 0) is 38.3 Å². The molecule has 33 heavy (non-hydrogen) atoms. The van der Waals surface area contributed by atoms with Gasteiger partial charge in [0.2, 0.25) is 5.92 Å². The van der Waals surface area contributed by atoms with Crippen LogP contribution in [-0.4, -0.2) is 29.6 Å². The Kier molecular flexibility index (Phi) is 38.3. The standard InChI is InChI=1S/C6H11F3.C5H10F2.C5H11F.C4H7ClF2.4CH4/c1-4(2)6(8,9)5(3)7;1-4(2)5(3,6)7;1-4(2)5(3)6;1-3(2)4(5,6)7;;;;/h4-5H,1-3H3;4H,1-3H3;4-5H,1-3H3;3H,1-2H3;4*1H4. The van der Waals surface area contributed by atoms with Crippen molar-refractivity contribution in [3.8, 4) is 0 Å². The molecule has 0 aromatic carbocycles. The van der Waals surface area contributed by atoms with Gasteiger partial charge < -0.3 is 0 Å². The summed E-state index contributed by atoms with van der Waals surface area (Å²) in [5, 5.41) is -3.03. The van der Waals surface area contributed by atoms with Crippen LogP contribution in [0.3, 0.4) is 0 Å². The molecule has 0 spiro atoms. The Morgan fingerprint density at radius 3 is 0.727 bits per heavy atom. The highest BCUT2D eigenvalue weighted by atomic mass is 35.5. The first-order valence-electron chi connectivity index (χ1n) is 9.52. The maximum atomic E-state index is 12.3. The first kappa shape index (κ1) is 53.9. The Balaban J connectivity index is -0.0000000408. The highest BCUT2D eigenvalue weighted by Gasteiger charge is 2.40. The fourth-order valence-electron chi connectivity index (χ4n) is 0.459. The van der Waals surface area contributed by atoms with Crippen LogP contribution in [0.15, 0.2) is 0 Å². The summed E-state index contributed by atoms with van der Waals surface area (Å²) in [5.41, 5.74) is 0. The van der Waals surface area contributed by atoms with Crippen LogP contribution in [0.4, 0.5) is 35.1 Å². The van der Waals surface area contributed by atoms with E-state index in [1.165, 1.54) is 41.5 Å². The van der Waals surface area contributed by atoms with Gasteiger partial charge in [-0.2, -0.15) is 8.78 Å². The molecule has 0 heterocycles. The summed E-state index contributed by atoms with van der Waals surface area (Å²) in [6, 6.07) is 0. The minimum atomic E-state index is -3.17. The average Bonchev–Trinajstić information content (AvgIpc) is 2.46. The molecule has 0 aromatic heterocycles. The second-order valence-corrected chi connectivity index (χ2v) is 8.68. The first-order valence-corrected chi connectivity index (χ1v) is 9.90. The normalized spacial score (nSPS) is 12.7. The number of alkyl halides is 9. The van der Waals surface area contributed by atoms with Crippen molar-refractivity contribution in [1.29, 1.82) is 0 Å². The van der Waals surface area contributed by atoms with Crippen molar-refractivity contribution in [1.82, 2.24) is 0 Å². The van der Waals surface area contributed by atoms with Crippen molar-refractivity contribution in [3.63, 3.8) is 0 Å². The smallest absolute Gasteiger partial charge is 0.248 e. The molecule has 0 radical (unpaired) electrons. The van der Waals surface area contributed by atoms with Crippen LogP contribution in [0, 0.1) is 23.7 Å². The molecule has 2 atom stereocenters. The quantitative estimate of drug-likeness (QED) is 0.245. The Morgan fingerprint density at radius 2 is 0.727 bits per heavy atom. The summed E-state index contributed by atoms with van der Waals surface area (Å²) >= 11 is 4.53. The van der Waals surface area contributed by atoms with Crippen LogP contribution in [0.1, 0.15) is 106 Å². The molecule has 9 heteroatoms. The molecular formula is C24H55ClF8. The Morgan fingerprint density at radius 1 is 0.545 bits per heavy atom. The number of rotatable bonds is 5. The molecule has 0 aliphatic carbocycles. The highest BCUT2D eigenvalue weighted by Crippen LogP contribution is 2.29. The number of halogens is 9. The summed E-state index contributed by atoms with van der Waals surface area (Å²) in [4.78, 5) is 0. The van der Waals surface area contributed by atoms with Crippen LogP contribution >= 0.6 is 11.6 Å². The summed E-state index contributed by atoms with van der Waals surface area (Å²) in [6.45, 7) is 15.4. The van der Waals surface area contributed by atoms with Gasteiger partial charge in [0.1, 0.15) is 0 Å². The zero-order chi connectivity index (χ0) is 25.0. The Bertz CT molecular complexity index is 336. The average molecular weight is 531 g/mol. The van der Waals surface area contributed by atoms with Gasteiger partial charge in [0, 0.05) is 17.8 Å². The van der Waals surface area contributed by atoms with Crippen LogP contribution in [0.25, 0.3) is 0 Å². The fourth-order valence-corrected chi connectivity index (χ4v) is 0.459. The zero-order valence-corrected chi connectivity index (χ0v) is 20.1. The van der Waals surface area contributed by atoms with Crippen molar-refractivity contribution in [2.75, 3.05) is 0 Å². The molecule has 0 saturated heterocycles. The van der Waals surface area contributed by atoms with E-state index in [4.69, 9.17) is 0 Å². The minimum Gasteiger partial charge on any atom is -0.248 e. The summed E-state index contributed by atoms with van der Waals surface area (Å²) in [7, 11) is 0. The molecule has 0 N–H and O–H groups in total. The van der Waals surface area contributed by atoms with E-state index in [1.54, 1.807) is 6.92 Å². The number of hydrogen-bond acceptors (Lipinski definition) is 0. The Hall–Kier alpha value is -0.270. The van der Waals surface area contributed by atoms with Gasteiger partial charge >= 0.3 is 5.38 Å². The predicted molar refractivity (Wildman–Crippen MR) is 134 cm³/mol. The van der Waals surface area contributed by atoms with Gasteiger partial charge in [-0.15, -0.1) is 0 Å². The molecule has 0 bridgehead atoms. The van der Waals surface area contributed by atoms with Gasteiger partial charge in [-0.25, -0.2) is 26.3 Å². The third-order valence-electron chi connectivity index (χ3n) is 3.89. The molecule has 0 amide bonds. The molecular weight excluding hydrogens is 476 g/mol. The van der Waals surface area contributed by atoms with Crippen molar-refractivity contribution >= 4 is 11.6 Å². The van der Waals surface area contributed by atoms with E-state index < -0.39 is 47.3 Å². The molecule has 0 aromatic rings. The molecule has 0 nitrogen and oxygen atoms in total. The fraction of sp³-hybridized carbons (Fsp3) is 1.00. The molecule has 0 aliphatic rings. The van der Waals surface area contributed by atoms with E-state index in [1.807, 2.05) is 13.8 Å². The highest BCUT2D eigenvalue weighted by molar-refractivity contribution is 6.21. The maximum absolute atomic E-state index is 12.3. The van der Waals surface area contributed by atoms with E-state index in [0.29, 0.717) is 0 Å². The monoisotopic (exact) mass is 530 g/mol. The summed E-state index contributed by atoms with van der Waals surface area (Å²) in [5.74, 6) is -7.70. The second kappa shape index (κ2) is 23.5. The molecule has 214 valence electrons. The molecule has 0 fully saturated rings. The lowest BCUT2D eigenvalue weighted by atomic mass is 10.0. The van der Waals surface area contributed by atoms with Crippen LogP contribution < -0.4 is 0 Å². The molecule has 0 rings (SSSR count). The van der Waals surface area contributed by atoms with Crippen LogP contribution in [-0.2, 0) is 0 Å². The van der Waals surface area contributed by atoms with Crippen molar-refractivity contribution in [2.24, 2.45) is 23.7 Å². The van der Waals surface area contributed by atoms with Crippen LogP contribution in [0.5, 0.6) is 0 Å². The lowest BCUT2D eigenvalue weighted by Gasteiger charge is -2.20. The maximum Gasteiger partial charge on any atom is 0.323 e. The number of hydrogen-bond donors (Lipinski definition) is 0. The van der Waals surface area contributed by atoms with Gasteiger partial charge in [-0.1, -0.05) is 85.1 Å². The SMILES string of the molecule is C.C.C.C.CC(C)C(C)(F)F.CC(C)C(C)F.CC(C)C(F)(F)C(C)F.CC(C)C(F)(F)Cl. The summed E-state index contributed by atoms with van der Waals surface area (Å²) in [6.07, 6.45) is -2.69. The van der Waals surface area contributed by atoms with E-state index >= 15 is 0 Å². The third kappa shape index (κ3) is 36.5. The van der Waals surface area contributed by atoms with Crippen molar-refractivity contribution < 1.29 is 35.1 Å². The minimum absolute atomic E-state index is 0. The topological polar surface area (TPSA) is 0 Å². The van der Waals surface area contributed by atoms with Gasteiger partial charge in [0.05, 0.1) is 6.17 Å². The first-order chi connectivity index (χ1) is 12.4. The van der Waals surface area contributed by atoms with E-state index in [2.05, 4.69) is 11.6 Å². The predicted octanol–water partition coefficient (Wildman–Crippen LogP) is 12.0. The third-order valence-corrected chi connectivity index (χ3v) is 4.32. The lowest BCUT2D eigenvalue weighted by molar-refractivity contribution is -0.101. The molecule has 0 aliphatic heterocycles. The largest absolute Gasteiger partial charge is 0.323 e. The van der Waals surface area contributed by atoms with Gasteiger partial charge in [-0.3, -0.25) is 0 Å². The van der Waals surface area contributed by atoms with E-state index in [-0.39, 0.29) is 35.6 Å². The van der Waals surface area contributed by atoms with Crippen molar-refractivity contribution in [2.45, 2.75) is 135 Å². The van der Waals surface area contributed by atoms with E-state index in [9.17, 15) is 35.1 Å². The van der Waals surface area contributed by atoms with Crippen LogP contribution in [0.2, 0.25) is 0 Å².